The molecule has 3 aliphatic rings. The van der Waals surface area contributed by atoms with Gasteiger partial charge in [0.15, 0.2) is 0 Å². The van der Waals surface area contributed by atoms with E-state index in [1.54, 1.807) is 18.7 Å². The zero-order valence-electron chi connectivity index (χ0n) is 21.2. The minimum atomic E-state index is -0.926. The standard InChI is InChI=1S/C25H43N3O5.2BrH/c1-3-33-25(32)20(10-6-4-8-18-12-14-26-15-13-18)27-17(2)23(29)28-21-11-7-5-9-19(21)16-22(28)24(30)31;;/h17-22,26-27H,3-16H2,1-2H3,(H,30,31);2*1H/t17-,19-,20-,21-,22-;;/m0../s1. The van der Waals surface area contributed by atoms with Gasteiger partial charge in [-0.05, 0) is 77.3 Å². The van der Waals surface area contributed by atoms with Gasteiger partial charge in [0, 0.05) is 6.04 Å². The van der Waals surface area contributed by atoms with Crippen LogP contribution in [0.4, 0.5) is 0 Å². The largest absolute Gasteiger partial charge is 0.480 e. The van der Waals surface area contributed by atoms with E-state index in [1.807, 2.05) is 0 Å². The maximum Gasteiger partial charge on any atom is 0.326 e. The summed E-state index contributed by atoms with van der Waals surface area (Å²) in [4.78, 5) is 39.5. The molecule has 0 unspecified atom stereocenters. The molecule has 0 spiro atoms. The molecular formula is C25H45Br2N3O5. The zero-order valence-corrected chi connectivity index (χ0v) is 24.6. The van der Waals surface area contributed by atoms with E-state index in [-0.39, 0.29) is 57.8 Å². The summed E-state index contributed by atoms with van der Waals surface area (Å²) < 4.78 is 5.27. The quantitative estimate of drug-likeness (QED) is 0.236. The van der Waals surface area contributed by atoms with Gasteiger partial charge < -0.3 is 20.1 Å². The molecule has 2 aliphatic heterocycles. The molecule has 0 aromatic carbocycles. The van der Waals surface area contributed by atoms with Crippen molar-refractivity contribution in [2.24, 2.45) is 11.8 Å². The first-order chi connectivity index (χ1) is 15.9. The molecule has 1 amide bonds. The molecule has 3 rings (SSSR count). The fourth-order valence-electron chi connectivity index (χ4n) is 6.06. The number of carboxylic acids is 1. The molecule has 10 heteroatoms. The molecule has 1 aliphatic carbocycles. The van der Waals surface area contributed by atoms with Crippen LogP contribution in [0.25, 0.3) is 0 Å². The summed E-state index contributed by atoms with van der Waals surface area (Å²) >= 11 is 0. The number of ether oxygens (including phenoxy) is 1. The van der Waals surface area contributed by atoms with E-state index in [0.717, 1.165) is 57.5 Å². The van der Waals surface area contributed by atoms with Crippen LogP contribution in [0.3, 0.4) is 0 Å². The number of aliphatic carboxylic acids is 1. The highest BCUT2D eigenvalue weighted by atomic mass is 79.9. The summed E-state index contributed by atoms with van der Waals surface area (Å²) in [5.74, 6) is -0.435. The van der Waals surface area contributed by atoms with Crippen LogP contribution in [-0.4, -0.2) is 71.7 Å². The molecule has 0 aromatic rings. The average Bonchev–Trinajstić information content (AvgIpc) is 3.21. The van der Waals surface area contributed by atoms with Crippen molar-refractivity contribution in [1.82, 2.24) is 15.5 Å². The number of carboxylic acid groups (broad SMARTS) is 1. The van der Waals surface area contributed by atoms with E-state index in [4.69, 9.17) is 4.74 Å². The van der Waals surface area contributed by atoms with Crippen LogP contribution >= 0.6 is 34.0 Å². The number of unbranched alkanes of at least 4 members (excludes halogenated alkanes) is 1. The lowest BCUT2D eigenvalue weighted by Crippen LogP contribution is -2.55. The second kappa shape index (κ2) is 16.2. The Morgan fingerprint density at radius 3 is 2.43 bits per heavy atom. The highest BCUT2D eigenvalue weighted by molar-refractivity contribution is 8.93. The Kier molecular flexibility index (Phi) is 15.0. The molecule has 5 atom stereocenters. The minimum Gasteiger partial charge on any atom is -0.480 e. The number of piperidine rings is 1. The number of fused-ring (bicyclic) bond motifs is 1. The highest BCUT2D eigenvalue weighted by Crippen LogP contribution is 2.40. The second-order valence-corrected chi connectivity index (χ2v) is 10.1. The van der Waals surface area contributed by atoms with Crippen molar-refractivity contribution in [3.8, 4) is 0 Å². The van der Waals surface area contributed by atoms with Gasteiger partial charge in [0.25, 0.3) is 0 Å². The number of amides is 1. The molecule has 8 nitrogen and oxygen atoms in total. The molecule has 0 aromatic heterocycles. The van der Waals surface area contributed by atoms with Gasteiger partial charge >= 0.3 is 11.9 Å². The summed E-state index contributed by atoms with van der Waals surface area (Å²) in [6, 6.07) is -1.94. The Morgan fingerprint density at radius 1 is 1.09 bits per heavy atom. The molecule has 35 heavy (non-hydrogen) atoms. The summed E-state index contributed by atoms with van der Waals surface area (Å²) in [7, 11) is 0. The van der Waals surface area contributed by atoms with Crippen molar-refractivity contribution in [2.75, 3.05) is 19.7 Å². The van der Waals surface area contributed by atoms with Crippen LogP contribution in [-0.2, 0) is 19.1 Å². The molecular weight excluding hydrogens is 582 g/mol. The van der Waals surface area contributed by atoms with Crippen molar-refractivity contribution in [2.45, 2.75) is 109 Å². The molecule has 204 valence electrons. The van der Waals surface area contributed by atoms with Crippen LogP contribution in [0.15, 0.2) is 0 Å². The first-order valence-corrected chi connectivity index (χ1v) is 13.1. The van der Waals surface area contributed by atoms with Crippen LogP contribution < -0.4 is 10.6 Å². The van der Waals surface area contributed by atoms with Gasteiger partial charge in [-0.1, -0.05) is 32.1 Å². The third-order valence-electron chi connectivity index (χ3n) is 7.83. The van der Waals surface area contributed by atoms with E-state index in [2.05, 4.69) is 10.6 Å². The lowest BCUT2D eigenvalue weighted by Gasteiger charge is -2.35. The fraction of sp³-hybridized carbons (Fsp3) is 0.880. The average molecular weight is 627 g/mol. The second-order valence-electron chi connectivity index (χ2n) is 10.1. The smallest absolute Gasteiger partial charge is 0.326 e. The van der Waals surface area contributed by atoms with E-state index in [0.29, 0.717) is 19.4 Å². The number of likely N-dealkylation sites (tertiary alicyclic amines) is 1. The molecule has 0 bridgehead atoms. The van der Waals surface area contributed by atoms with E-state index >= 15 is 0 Å². The van der Waals surface area contributed by atoms with Crippen LogP contribution in [0, 0.1) is 11.8 Å². The third-order valence-corrected chi connectivity index (χ3v) is 7.83. The van der Waals surface area contributed by atoms with E-state index in [1.165, 1.54) is 19.3 Å². The summed E-state index contributed by atoms with van der Waals surface area (Å²) in [5, 5.41) is 16.4. The Hall–Kier alpha value is -0.710. The van der Waals surface area contributed by atoms with E-state index in [9.17, 15) is 19.5 Å². The van der Waals surface area contributed by atoms with Gasteiger partial charge in [0.2, 0.25) is 5.91 Å². The SMILES string of the molecule is Br.Br.CCOC(=O)[C@H](CCCCC1CCNCC1)N[C@@H](C)C(=O)N1[C@H](C(=O)O)C[C@@H]2CCCC[C@@H]21. The van der Waals surface area contributed by atoms with Crippen molar-refractivity contribution in [1.29, 1.82) is 0 Å². The molecule has 2 heterocycles. The van der Waals surface area contributed by atoms with Crippen molar-refractivity contribution in [3.63, 3.8) is 0 Å². The first kappa shape index (κ1) is 32.3. The van der Waals surface area contributed by atoms with Crippen LogP contribution in [0.1, 0.15) is 84.5 Å². The first-order valence-electron chi connectivity index (χ1n) is 13.1. The molecule has 0 radical (unpaired) electrons. The predicted octanol–water partition coefficient (Wildman–Crippen LogP) is 3.86. The van der Waals surface area contributed by atoms with E-state index < -0.39 is 24.1 Å². The highest BCUT2D eigenvalue weighted by Gasteiger charge is 2.48. The van der Waals surface area contributed by atoms with Crippen LogP contribution in [0.2, 0.25) is 0 Å². The number of nitrogens with one attached hydrogen (secondary N) is 2. The maximum absolute atomic E-state index is 13.4. The summed E-state index contributed by atoms with van der Waals surface area (Å²) in [6.07, 6.45) is 10.7. The normalized spacial score (nSPS) is 26.0. The number of carbonyl (C=O) groups excluding carboxylic acids is 2. The van der Waals surface area contributed by atoms with Crippen LogP contribution in [0.5, 0.6) is 0 Å². The monoisotopic (exact) mass is 625 g/mol. The Morgan fingerprint density at radius 2 is 1.77 bits per heavy atom. The predicted molar refractivity (Wildman–Crippen MR) is 146 cm³/mol. The minimum absolute atomic E-state index is 0. The number of hydrogen-bond acceptors (Lipinski definition) is 6. The third kappa shape index (κ3) is 8.97. The number of hydrogen-bond donors (Lipinski definition) is 3. The van der Waals surface area contributed by atoms with Crippen molar-refractivity contribution < 1.29 is 24.2 Å². The Balaban J connectivity index is 0.00000306. The summed E-state index contributed by atoms with van der Waals surface area (Å²) in [5.41, 5.74) is 0. The zero-order chi connectivity index (χ0) is 23.8. The lowest BCUT2D eigenvalue weighted by atomic mass is 9.84. The van der Waals surface area contributed by atoms with Crippen molar-refractivity contribution >= 4 is 51.8 Å². The molecule has 3 fully saturated rings. The molecule has 1 saturated carbocycles. The number of carbonyl (C=O) groups is 3. The van der Waals surface area contributed by atoms with Gasteiger partial charge in [-0.2, -0.15) is 0 Å². The lowest BCUT2D eigenvalue weighted by molar-refractivity contribution is -0.152. The number of esters is 1. The summed E-state index contributed by atoms with van der Waals surface area (Å²) in [6.45, 7) is 6.01. The number of rotatable bonds is 11. The molecule has 3 N–H and O–H groups in total. The van der Waals surface area contributed by atoms with Gasteiger partial charge in [-0.15, -0.1) is 34.0 Å². The van der Waals surface area contributed by atoms with Crippen molar-refractivity contribution in [3.05, 3.63) is 0 Å². The van der Waals surface area contributed by atoms with Gasteiger partial charge in [-0.25, -0.2) is 4.79 Å². The topological polar surface area (TPSA) is 108 Å². The number of halogens is 2. The Bertz CT molecular complexity index is 677. The van der Waals surface area contributed by atoms with Gasteiger partial charge in [0.1, 0.15) is 12.1 Å². The van der Waals surface area contributed by atoms with Gasteiger partial charge in [0.05, 0.1) is 12.6 Å². The Labute approximate surface area is 231 Å². The molecule has 2 saturated heterocycles. The van der Waals surface area contributed by atoms with Gasteiger partial charge in [-0.3, -0.25) is 14.9 Å². The maximum atomic E-state index is 13.4. The fourth-order valence-corrected chi connectivity index (χ4v) is 6.06. The number of nitrogens with zero attached hydrogens (tertiary/aromatic N) is 1.